The van der Waals surface area contributed by atoms with E-state index in [0.717, 1.165) is 21.3 Å². The van der Waals surface area contributed by atoms with Gasteiger partial charge in [0.15, 0.2) is 5.92 Å². The number of carbonyl (C=O) groups excluding carboxylic acids is 5. The van der Waals surface area contributed by atoms with Crippen molar-refractivity contribution in [1.29, 1.82) is 0 Å². The van der Waals surface area contributed by atoms with E-state index in [0.29, 0.717) is 0 Å². The lowest BCUT2D eigenvalue weighted by Crippen LogP contribution is -2.56. The molecule has 10 nitrogen and oxygen atoms in total. The highest BCUT2D eigenvalue weighted by Gasteiger charge is 2.43. The van der Waals surface area contributed by atoms with Gasteiger partial charge in [0.1, 0.15) is 17.9 Å². The summed E-state index contributed by atoms with van der Waals surface area (Å²) in [6, 6.07) is 2.96. The molecule has 2 amide bonds. The maximum Gasteiger partial charge on any atom is 0.328 e. The van der Waals surface area contributed by atoms with Gasteiger partial charge in [0.2, 0.25) is 11.8 Å². The fourth-order valence-electron chi connectivity index (χ4n) is 3.10. The maximum atomic E-state index is 14.1. The zero-order valence-electron chi connectivity index (χ0n) is 18.5. The fourth-order valence-corrected chi connectivity index (χ4v) is 3.10. The van der Waals surface area contributed by atoms with E-state index < -0.39 is 59.5 Å². The standard InChI is InChI=1S/C21H27FN2O8/c1-11(16(19(27)30-3)20(28)31-4)17(21(29)32-5)24-18(26)15(23-12(2)25)10-13-8-6-7-9-14(13)22/h6-9,11,15-17H,10H2,1-5H3,(H,23,25)(H,24,26)/t11-,15-,17+/m1/s1. The monoisotopic (exact) mass is 454 g/mol. The van der Waals surface area contributed by atoms with Gasteiger partial charge >= 0.3 is 17.9 Å². The van der Waals surface area contributed by atoms with Crippen molar-refractivity contribution < 1.29 is 42.6 Å². The molecule has 0 bridgehead atoms. The van der Waals surface area contributed by atoms with E-state index in [1.54, 1.807) is 6.07 Å². The van der Waals surface area contributed by atoms with Crippen molar-refractivity contribution in [3.8, 4) is 0 Å². The number of nitrogens with one attached hydrogen (secondary N) is 2. The van der Waals surface area contributed by atoms with Gasteiger partial charge < -0.3 is 24.8 Å². The Bertz CT molecular complexity index is 844. The summed E-state index contributed by atoms with van der Waals surface area (Å²) in [6.45, 7) is 2.53. The van der Waals surface area contributed by atoms with Crippen LogP contribution in [0, 0.1) is 17.7 Å². The van der Waals surface area contributed by atoms with Crippen molar-refractivity contribution >= 4 is 29.7 Å². The first-order valence-corrected chi connectivity index (χ1v) is 9.61. The van der Waals surface area contributed by atoms with E-state index in [-0.39, 0.29) is 12.0 Å². The summed E-state index contributed by atoms with van der Waals surface area (Å²) < 4.78 is 28.0. The van der Waals surface area contributed by atoms with E-state index in [9.17, 15) is 28.4 Å². The largest absolute Gasteiger partial charge is 0.468 e. The van der Waals surface area contributed by atoms with Crippen LogP contribution in [0.1, 0.15) is 19.4 Å². The van der Waals surface area contributed by atoms with Crippen LogP contribution in [-0.4, -0.2) is 63.1 Å². The molecular formula is C21H27FN2O8. The second-order valence-electron chi connectivity index (χ2n) is 6.94. The van der Waals surface area contributed by atoms with Crippen LogP contribution < -0.4 is 10.6 Å². The summed E-state index contributed by atoms with van der Waals surface area (Å²) in [5.74, 6) is -7.57. The Morgan fingerprint density at radius 3 is 1.91 bits per heavy atom. The Balaban J connectivity index is 3.23. The van der Waals surface area contributed by atoms with Gasteiger partial charge in [0, 0.05) is 19.3 Å². The van der Waals surface area contributed by atoms with E-state index in [1.807, 2.05) is 0 Å². The smallest absolute Gasteiger partial charge is 0.328 e. The predicted octanol–water partition coefficient (Wildman–Crippen LogP) is 0.129. The average Bonchev–Trinajstić information content (AvgIpc) is 2.76. The predicted molar refractivity (Wildman–Crippen MR) is 108 cm³/mol. The minimum absolute atomic E-state index is 0.158. The number of benzene rings is 1. The van der Waals surface area contributed by atoms with Gasteiger partial charge in [-0.05, 0) is 11.6 Å². The van der Waals surface area contributed by atoms with E-state index in [1.165, 1.54) is 32.0 Å². The van der Waals surface area contributed by atoms with Crippen molar-refractivity contribution in [3.05, 3.63) is 35.6 Å². The van der Waals surface area contributed by atoms with E-state index in [2.05, 4.69) is 20.1 Å². The van der Waals surface area contributed by atoms with E-state index in [4.69, 9.17) is 4.74 Å². The minimum atomic E-state index is -1.54. The van der Waals surface area contributed by atoms with Crippen LogP contribution in [0.25, 0.3) is 0 Å². The zero-order valence-corrected chi connectivity index (χ0v) is 18.5. The molecule has 0 fully saturated rings. The van der Waals surface area contributed by atoms with Gasteiger partial charge in [-0.2, -0.15) is 0 Å². The van der Waals surface area contributed by atoms with Crippen molar-refractivity contribution in [2.45, 2.75) is 32.4 Å². The molecule has 1 aromatic rings. The second-order valence-corrected chi connectivity index (χ2v) is 6.94. The first-order valence-electron chi connectivity index (χ1n) is 9.61. The lowest BCUT2D eigenvalue weighted by Gasteiger charge is -2.28. The molecule has 32 heavy (non-hydrogen) atoms. The number of esters is 3. The van der Waals surface area contributed by atoms with Crippen LogP contribution in [0.2, 0.25) is 0 Å². The topological polar surface area (TPSA) is 137 Å². The molecule has 3 atom stereocenters. The van der Waals surface area contributed by atoms with Crippen molar-refractivity contribution in [1.82, 2.24) is 10.6 Å². The number of ether oxygens (including phenoxy) is 3. The third kappa shape index (κ3) is 7.03. The Hall–Kier alpha value is -3.50. The van der Waals surface area contributed by atoms with Gasteiger partial charge in [0.05, 0.1) is 21.3 Å². The second kappa shape index (κ2) is 12.4. The third-order valence-electron chi connectivity index (χ3n) is 4.79. The summed E-state index contributed by atoms with van der Waals surface area (Å²) in [4.78, 5) is 61.2. The highest BCUT2D eigenvalue weighted by molar-refractivity contribution is 5.97. The lowest BCUT2D eigenvalue weighted by atomic mass is 9.87. The molecule has 0 heterocycles. The lowest BCUT2D eigenvalue weighted by molar-refractivity contribution is -0.163. The molecule has 0 aliphatic rings. The number of hydrogen-bond acceptors (Lipinski definition) is 8. The number of methoxy groups -OCH3 is 3. The number of carbonyl (C=O) groups is 5. The Morgan fingerprint density at radius 2 is 1.44 bits per heavy atom. The number of amides is 2. The van der Waals surface area contributed by atoms with Crippen LogP contribution in [0.3, 0.4) is 0 Å². The van der Waals surface area contributed by atoms with Crippen LogP contribution >= 0.6 is 0 Å². The maximum absolute atomic E-state index is 14.1. The van der Waals surface area contributed by atoms with Crippen molar-refractivity contribution in [2.75, 3.05) is 21.3 Å². The van der Waals surface area contributed by atoms with Gasteiger partial charge in [-0.25, -0.2) is 9.18 Å². The molecule has 0 unspecified atom stereocenters. The number of halogens is 1. The van der Waals surface area contributed by atoms with Gasteiger partial charge in [-0.1, -0.05) is 25.1 Å². The first-order chi connectivity index (χ1) is 15.1. The normalized spacial score (nSPS) is 13.3. The van der Waals surface area contributed by atoms with Gasteiger partial charge in [-0.3, -0.25) is 19.2 Å². The Kier molecular flexibility index (Phi) is 10.3. The molecule has 0 radical (unpaired) electrons. The SMILES string of the molecule is COC(=O)C(C(=O)OC)[C@@H](C)[C@H](NC(=O)[C@@H](Cc1ccccc1F)NC(C)=O)C(=O)OC. The molecule has 176 valence electrons. The van der Waals surface area contributed by atoms with Crippen LogP contribution in [0.15, 0.2) is 24.3 Å². The van der Waals surface area contributed by atoms with Crippen molar-refractivity contribution in [3.63, 3.8) is 0 Å². The molecule has 0 aliphatic carbocycles. The highest BCUT2D eigenvalue weighted by Crippen LogP contribution is 2.21. The summed E-state index contributed by atoms with van der Waals surface area (Å²) >= 11 is 0. The Morgan fingerprint density at radius 1 is 0.906 bits per heavy atom. The molecule has 0 aromatic heterocycles. The summed E-state index contributed by atoms with van der Waals surface area (Å²) in [5.41, 5.74) is 0.158. The van der Waals surface area contributed by atoms with E-state index >= 15 is 0 Å². The molecule has 11 heteroatoms. The molecule has 0 saturated carbocycles. The van der Waals surface area contributed by atoms with Gasteiger partial charge in [0.25, 0.3) is 0 Å². The summed E-state index contributed by atoms with van der Waals surface area (Å²) in [6.07, 6.45) is -0.211. The molecule has 0 aliphatic heterocycles. The summed E-state index contributed by atoms with van der Waals surface area (Å²) in [5, 5.41) is 4.79. The van der Waals surface area contributed by atoms with Crippen LogP contribution in [0.4, 0.5) is 4.39 Å². The molecule has 1 aromatic carbocycles. The molecular weight excluding hydrogens is 427 g/mol. The molecule has 0 saturated heterocycles. The molecule has 2 N–H and O–H groups in total. The Labute approximate surface area is 184 Å². The molecule has 0 spiro atoms. The average molecular weight is 454 g/mol. The molecule has 1 rings (SSSR count). The number of rotatable bonds is 10. The quantitative estimate of drug-likeness (QED) is 0.289. The third-order valence-corrected chi connectivity index (χ3v) is 4.79. The van der Waals surface area contributed by atoms with Crippen LogP contribution in [0.5, 0.6) is 0 Å². The fraction of sp³-hybridized carbons (Fsp3) is 0.476. The highest BCUT2D eigenvalue weighted by atomic mass is 19.1. The van der Waals surface area contributed by atoms with Gasteiger partial charge in [-0.15, -0.1) is 0 Å². The number of hydrogen-bond donors (Lipinski definition) is 2. The first kappa shape index (κ1) is 26.5. The van der Waals surface area contributed by atoms with Crippen LogP contribution in [-0.2, 0) is 44.6 Å². The van der Waals surface area contributed by atoms with Crippen molar-refractivity contribution in [2.24, 2.45) is 11.8 Å². The summed E-state index contributed by atoms with van der Waals surface area (Å²) in [7, 11) is 3.17. The zero-order chi connectivity index (χ0) is 24.4. The minimum Gasteiger partial charge on any atom is -0.468 e.